The third-order valence-corrected chi connectivity index (χ3v) is 4.66. The molecule has 1 aromatic heterocycles. The van der Waals surface area contributed by atoms with Crippen molar-refractivity contribution in [3.63, 3.8) is 0 Å². The van der Waals surface area contributed by atoms with Crippen molar-refractivity contribution in [3.8, 4) is 0 Å². The first-order chi connectivity index (χ1) is 14.3. The number of aromatic nitrogens is 1. The van der Waals surface area contributed by atoms with Gasteiger partial charge in [0.15, 0.2) is 0 Å². The van der Waals surface area contributed by atoms with Crippen molar-refractivity contribution in [1.82, 2.24) is 15.7 Å². The maximum absolute atomic E-state index is 12.5. The number of anilines is 1. The summed E-state index contributed by atoms with van der Waals surface area (Å²) in [5.74, 6) is -0.193. The average molecular weight is 382 g/mol. The number of amides is 1. The number of hydrogen-bond acceptors (Lipinski definition) is 4. The molecule has 0 bridgehead atoms. The first kappa shape index (κ1) is 18.7. The van der Waals surface area contributed by atoms with E-state index in [4.69, 9.17) is 0 Å². The maximum Gasteiger partial charge on any atom is 0.269 e. The molecule has 4 rings (SSSR count). The van der Waals surface area contributed by atoms with Gasteiger partial charge in [-0.2, -0.15) is 0 Å². The summed E-state index contributed by atoms with van der Waals surface area (Å²) in [7, 11) is 0. The fraction of sp³-hybridized carbons (Fsp3) is 0.0833. The van der Waals surface area contributed by atoms with Crippen molar-refractivity contribution in [1.29, 1.82) is 0 Å². The van der Waals surface area contributed by atoms with E-state index in [0.717, 1.165) is 35.2 Å². The van der Waals surface area contributed by atoms with Crippen LogP contribution in [0.15, 0.2) is 91.1 Å². The van der Waals surface area contributed by atoms with Crippen LogP contribution in [0.4, 0.5) is 5.69 Å². The molecule has 0 aliphatic rings. The second-order valence-corrected chi connectivity index (χ2v) is 6.75. The van der Waals surface area contributed by atoms with E-state index in [1.54, 1.807) is 6.20 Å². The predicted octanol–water partition coefficient (Wildman–Crippen LogP) is 4.28. The van der Waals surface area contributed by atoms with Gasteiger partial charge in [0.25, 0.3) is 5.91 Å². The number of rotatable bonds is 7. The number of para-hydroxylation sites is 1. The number of hydrogen-bond donors (Lipinski definition) is 3. The number of nitrogens with zero attached hydrogens (tertiary/aromatic N) is 1. The second kappa shape index (κ2) is 8.99. The van der Waals surface area contributed by atoms with Crippen molar-refractivity contribution < 1.29 is 4.79 Å². The third-order valence-electron chi connectivity index (χ3n) is 4.66. The van der Waals surface area contributed by atoms with E-state index in [9.17, 15) is 4.79 Å². The summed E-state index contributed by atoms with van der Waals surface area (Å²) in [5.41, 5.74) is 10.3. The minimum Gasteiger partial charge on any atom is -0.309 e. The molecule has 5 nitrogen and oxygen atoms in total. The van der Waals surface area contributed by atoms with Crippen LogP contribution in [0.3, 0.4) is 0 Å². The van der Waals surface area contributed by atoms with Crippen molar-refractivity contribution >= 4 is 22.5 Å². The monoisotopic (exact) mass is 382 g/mol. The van der Waals surface area contributed by atoms with Crippen molar-refractivity contribution in [2.45, 2.75) is 13.1 Å². The number of benzene rings is 3. The Balaban J connectivity index is 1.32. The van der Waals surface area contributed by atoms with Gasteiger partial charge in [0, 0.05) is 30.2 Å². The lowest BCUT2D eigenvalue weighted by Gasteiger charge is -2.11. The van der Waals surface area contributed by atoms with Crippen molar-refractivity contribution in [2.75, 3.05) is 5.43 Å². The molecule has 0 fully saturated rings. The molecular weight excluding hydrogens is 360 g/mol. The molecule has 0 radical (unpaired) electrons. The molecular formula is C24H22N4O. The van der Waals surface area contributed by atoms with Crippen molar-refractivity contribution in [2.24, 2.45) is 0 Å². The van der Waals surface area contributed by atoms with Gasteiger partial charge >= 0.3 is 0 Å². The van der Waals surface area contributed by atoms with Gasteiger partial charge in [-0.15, -0.1) is 0 Å². The number of carbonyl (C=O) groups excluding carboxylic acids is 1. The fourth-order valence-electron chi connectivity index (χ4n) is 3.12. The Morgan fingerprint density at radius 3 is 2.28 bits per heavy atom. The quantitative estimate of drug-likeness (QED) is 0.417. The van der Waals surface area contributed by atoms with E-state index < -0.39 is 0 Å². The highest BCUT2D eigenvalue weighted by Gasteiger charge is 2.07. The molecule has 1 heterocycles. The molecule has 0 saturated heterocycles. The zero-order valence-electron chi connectivity index (χ0n) is 15.9. The Morgan fingerprint density at radius 2 is 1.48 bits per heavy atom. The van der Waals surface area contributed by atoms with Gasteiger partial charge in [0.1, 0.15) is 0 Å². The molecule has 5 heteroatoms. The highest BCUT2D eigenvalue weighted by atomic mass is 16.2. The number of carbonyl (C=O) groups is 1. The summed E-state index contributed by atoms with van der Waals surface area (Å²) in [4.78, 5) is 16.8. The number of nitrogens with one attached hydrogen (secondary N) is 3. The maximum atomic E-state index is 12.5. The SMILES string of the molecule is O=C(NNc1cccc2cccnc12)c1ccc(CNCc2ccccc2)cc1. The lowest BCUT2D eigenvalue weighted by Crippen LogP contribution is -2.29. The summed E-state index contributed by atoms with van der Waals surface area (Å²) in [6, 6.07) is 27.5. The molecule has 0 spiro atoms. The van der Waals surface area contributed by atoms with E-state index >= 15 is 0 Å². The normalized spacial score (nSPS) is 10.6. The predicted molar refractivity (Wildman–Crippen MR) is 116 cm³/mol. The fourth-order valence-corrected chi connectivity index (χ4v) is 3.12. The highest BCUT2D eigenvalue weighted by Crippen LogP contribution is 2.19. The largest absolute Gasteiger partial charge is 0.309 e. The van der Waals surface area contributed by atoms with Gasteiger partial charge in [-0.1, -0.05) is 60.7 Å². The summed E-state index contributed by atoms with van der Waals surface area (Å²) >= 11 is 0. The lowest BCUT2D eigenvalue weighted by atomic mass is 10.1. The van der Waals surface area contributed by atoms with E-state index in [1.807, 2.05) is 72.8 Å². The minimum absolute atomic E-state index is 0.193. The number of hydrazine groups is 1. The van der Waals surface area contributed by atoms with Crippen LogP contribution in [0.1, 0.15) is 21.5 Å². The Labute approximate surface area is 169 Å². The first-order valence-electron chi connectivity index (χ1n) is 9.53. The van der Waals surface area contributed by atoms with Gasteiger partial charge in [-0.3, -0.25) is 20.6 Å². The summed E-state index contributed by atoms with van der Waals surface area (Å²) < 4.78 is 0. The number of pyridine rings is 1. The Bertz CT molecular complexity index is 1090. The zero-order valence-corrected chi connectivity index (χ0v) is 15.9. The smallest absolute Gasteiger partial charge is 0.269 e. The lowest BCUT2D eigenvalue weighted by molar-refractivity contribution is 0.0962. The van der Waals surface area contributed by atoms with Crippen LogP contribution in [0.25, 0.3) is 10.9 Å². The Hall–Kier alpha value is -3.70. The average Bonchev–Trinajstić information content (AvgIpc) is 2.78. The van der Waals surface area contributed by atoms with Gasteiger partial charge in [0.05, 0.1) is 11.2 Å². The first-order valence-corrected chi connectivity index (χ1v) is 9.53. The zero-order chi connectivity index (χ0) is 19.9. The molecule has 0 aliphatic carbocycles. The van der Waals surface area contributed by atoms with Crippen molar-refractivity contribution in [3.05, 3.63) is 108 Å². The van der Waals surface area contributed by atoms with Crippen LogP contribution in [0.5, 0.6) is 0 Å². The Morgan fingerprint density at radius 1 is 0.759 bits per heavy atom. The summed E-state index contributed by atoms with van der Waals surface area (Å²) in [5, 5.41) is 4.42. The molecule has 0 aliphatic heterocycles. The van der Waals surface area contributed by atoms with Crippen LogP contribution in [-0.4, -0.2) is 10.9 Å². The van der Waals surface area contributed by atoms with Crippen LogP contribution in [0, 0.1) is 0 Å². The van der Waals surface area contributed by atoms with E-state index in [0.29, 0.717) is 5.56 Å². The minimum atomic E-state index is -0.193. The molecule has 0 saturated carbocycles. The third kappa shape index (κ3) is 4.78. The van der Waals surface area contributed by atoms with Crippen LogP contribution in [-0.2, 0) is 13.1 Å². The molecule has 3 N–H and O–H groups in total. The van der Waals surface area contributed by atoms with Crippen LogP contribution < -0.4 is 16.2 Å². The standard InChI is InChI=1S/C24H22N4O/c29-24(28-27-22-10-4-8-20-9-5-15-26-23(20)22)21-13-11-19(12-14-21)17-25-16-18-6-2-1-3-7-18/h1-15,25,27H,16-17H2,(H,28,29). The molecule has 1 amide bonds. The molecule has 3 aromatic carbocycles. The van der Waals surface area contributed by atoms with Gasteiger partial charge in [0.2, 0.25) is 0 Å². The van der Waals surface area contributed by atoms with Gasteiger partial charge in [-0.25, -0.2) is 0 Å². The highest BCUT2D eigenvalue weighted by molar-refractivity contribution is 5.96. The Kier molecular flexibility index (Phi) is 5.78. The van der Waals surface area contributed by atoms with Gasteiger partial charge < -0.3 is 5.32 Å². The van der Waals surface area contributed by atoms with Crippen LogP contribution in [0.2, 0.25) is 0 Å². The summed E-state index contributed by atoms with van der Waals surface area (Å²) in [6.07, 6.45) is 1.74. The van der Waals surface area contributed by atoms with Gasteiger partial charge in [-0.05, 0) is 35.4 Å². The topological polar surface area (TPSA) is 66.0 Å². The molecule has 0 atom stereocenters. The molecule has 144 valence electrons. The van der Waals surface area contributed by atoms with Crippen LogP contribution >= 0.6 is 0 Å². The molecule has 0 unspecified atom stereocenters. The molecule has 4 aromatic rings. The van der Waals surface area contributed by atoms with E-state index in [1.165, 1.54) is 5.56 Å². The van der Waals surface area contributed by atoms with E-state index in [2.05, 4.69) is 33.3 Å². The van der Waals surface area contributed by atoms with E-state index in [-0.39, 0.29) is 5.91 Å². The number of fused-ring (bicyclic) bond motifs is 1. The summed E-state index contributed by atoms with van der Waals surface area (Å²) in [6.45, 7) is 1.56. The molecule has 29 heavy (non-hydrogen) atoms. The second-order valence-electron chi connectivity index (χ2n) is 6.75.